The first-order valence-corrected chi connectivity index (χ1v) is 11.0. The molecule has 6 nitrogen and oxygen atoms in total. The summed E-state index contributed by atoms with van der Waals surface area (Å²) in [7, 11) is 0. The molecule has 1 aromatic heterocycles. The molecule has 0 saturated carbocycles. The SMILES string of the molecule is CC=CN1CCN(c2cc3c(c(-c4ccc(Oc5ccccn5)cc4)c2)CNC3=O)CC1. The van der Waals surface area contributed by atoms with E-state index in [1.54, 1.807) is 6.20 Å². The zero-order valence-electron chi connectivity index (χ0n) is 18.1. The fraction of sp³-hybridized carbons (Fsp3) is 0.231. The Balaban J connectivity index is 1.43. The summed E-state index contributed by atoms with van der Waals surface area (Å²) in [4.78, 5) is 21.4. The van der Waals surface area contributed by atoms with Crippen LogP contribution in [-0.2, 0) is 6.54 Å². The molecule has 6 heteroatoms. The van der Waals surface area contributed by atoms with Gasteiger partial charge in [-0.3, -0.25) is 4.79 Å². The fourth-order valence-corrected chi connectivity index (χ4v) is 4.32. The molecule has 0 unspecified atom stereocenters. The van der Waals surface area contributed by atoms with Crippen LogP contribution in [0.1, 0.15) is 22.8 Å². The highest BCUT2D eigenvalue weighted by molar-refractivity contribution is 6.02. The van der Waals surface area contributed by atoms with Crippen LogP contribution in [0.15, 0.2) is 73.1 Å². The standard InChI is InChI=1S/C26H26N4O2/c1-2-11-29-12-14-30(15-13-29)20-16-22(24-18-28-26(31)23(24)17-20)19-6-8-21(9-7-19)32-25-5-3-4-10-27-25/h2-11,16-17H,12-15,18H2,1H3,(H,28,31). The number of aromatic nitrogens is 1. The van der Waals surface area contributed by atoms with Crippen LogP contribution in [0.5, 0.6) is 11.6 Å². The van der Waals surface area contributed by atoms with Crippen LogP contribution in [0.2, 0.25) is 0 Å². The molecule has 162 valence electrons. The van der Waals surface area contributed by atoms with Gasteiger partial charge < -0.3 is 19.9 Å². The van der Waals surface area contributed by atoms with E-state index in [0.29, 0.717) is 12.4 Å². The summed E-state index contributed by atoms with van der Waals surface area (Å²) in [6.07, 6.45) is 5.93. The van der Waals surface area contributed by atoms with Crippen LogP contribution in [-0.4, -0.2) is 42.0 Å². The minimum absolute atomic E-state index is 0.00533. The van der Waals surface area contributed by atoms with Gasteiger partial charge in [-0.05, 0) is 60.1 Å². The van der Waals surface area contributed by atoms with E-state index in [-0.39, 0.29) is 5.91 Å². The summed E-state index contributed by atoms with van der Waals surface area (Å²) in [6.45, 7) is 6.42. The highest BCUT2D eigenvalue weighted by atomic mass is 16.5. The van der Waals surface area contributed by atoms with E-state index in [0.717, 1.165) is 59.9 Å². The maximum absolute atomic E-state index is 12.5. The molecule has 0 radical (unpaired) electrons. The van der Waals surface area contributed by atoms with E-state index in [1.165, 1.54) is 0 Å². The molecule has 0 spiro atoms. The van der Waals surface area contributed by atoms with Gasteiger partial charge in [0.15, 0.2) is 0 Å². The Bertz CT molecular complexity index is 1130. The summed E-state index contributed by atoms with van der Waals surface area (Å²) in [5, 5.41) is 2.99. The second kappa shape index (κ2) is 8.75. The predicted octanol–water partition coefficient (Wildman–Crippen LogP) is 4.44. The van der Waals surface area contributed by atoms with Crippen molar-refractivity contribution < 1.29 is 9.53 Å². The first-order valence-electron chi connectivity index (χ1n) is 11.0. The highest BCUT2D eigenvalue weighted by Crippen LogP contribution is 2.35. The number of hydrogen-bond acceptors (Lipinski definition) is 5. The Hall–Kier alpha value is -3.80. The molecule has 0 atom stereocenters. The summed E-state index contributed by atoms with van der Waals surface area (Å²) in [6, 6.07) is 17.8. The topological polar surface area (TPSA) is 57.7 Å². The molecule has 5 rings (SSSR count). The van der Waals surface area contributed by atoms with Crippen LogP contribution in [0.3, 0.4) is 0 Å². The molecule has 1 amide bonds. The largest absolute Gasteiger partial charge is 0.439 e. The van der Waals surface area contributed by atoms with Crippen molar-refractivity contribution in [2.24, 2.45) is 0 Å². The molecule has 1 saturated heterocycles. The number of fused-ring (bicyclic) bond motifs is 1. The molecule has 3 heterocycles. The van der Waals surface area contributed by atoms with E-state index >= 15 is 0 Å². The molecule has 0 aliphatic carbocycles. The zero-order valence-corrected chi connectivity index (χ0v) is 18.1. The zero-order chi connectivity index (χ0) is 21.9. The highest BCUT2D eigenvalue weighted by Gasteiger charge is 2.25. The Labute approximate surface area is 188 Å². The second-order valence-corrected chi connectivity index (χ2v) is 8.00. The minimum Gasteiger partial charge on any atom is -0.439 e. The average molecular weight is 427 g/mol. The number of carbonyl (C=O) groups is 1. The van der Waals surface area contributed by atoms with E-state index in [4.69, 9.17) is 4.74 Å². The van der Waals surface area contributed by atoms with Crippen molar-refractivity contribution in [1.82, 2.24) is 15.2 Å². The van der Waals surface area contributed by atoms with Crippen LogP contribution in [0.4, 0.5) is 5.69 Å². The van der Waals surface area contributed by atoms with Crippen molar-refractivity contribution in [3.05, 3.63) is 84.2 Å². The van der Waals surface area contributed by atoms with Crippen molar-refractivity contribution in [1.29, 1.82) is 0 Å². The molecule has 2 aliphatic rings. The molecule has 1 fully saturated rings. The molecule has 3 aromatic rings. The van der Waals surface area contributed by atoms with E-state index in [2.05, 4.69) is 38.4 Å². The third-order valence-corrected chi connectivity index (χ3v) is 5.97. The number of carbonyl (C=O) groups excluding carboxylic acids is 1. The third-order valence-electron chi connectivity index (χ3n) is 5.97. The van der Waals surface area contributed by atoms with Gasteiger partial charge in [0.1, 0.15) is 5.75 Å². The predicted molar refractivity (Wildman–Crippen MR) is 126 cm³/mol. The monoisotopic (exact) mass is 426 g/mol. The molecular weight excluding hydrogens is 400 g/mol. The number of nitrogens with zero attached hydrogens (tertiary/aromatic N) is 3. The lowest BCUT2D eigenvalue weighted by molar-refractivity contribution is 0.0965. The minimum atomic E-state index is 0.00533. The lowest BCUT2D eigenvalue weighted by Gasteiger charge is -2.36. The Morgan fingerprint density at radius 1 is 1.00 bits per heavy atom. The molecule has 2 aromatic carbocycles. The first kappa shape index (κ1) is 20.1. The van der Waals surface area contributed by atoms with E-state index in [1.807, 2.05) is 55.5 Å². The normalized spacial score (nSPS) is 15.7. The lowest BCUT2D eigenvalue weighted by atomic mass is 9.95. The summed E-state index contributed by atoms with van der Waals surface area (Å²) < 4.78 is 5.83. The number of anilines is 1. The molecular formula is C26H26N4O2. The van der Waals surface area contributed by atoms with Crippen molar-refractivity contribution >= 4 is 11.6 Å². The number of hydrogen-bond donors (Lipinski definition) is 1. The Morgan fingerprint density at radius 3 is 2.50 bits per heavy atom. The van der Waals surface area contributed by atoms with Gasteiger partial charge in [-0.2, -0.15) is 0 Å². The van der Waals surface area contributed by atoms with Gasteiger partial charge in [0.05, 0.1) is 0 Å². The molecule has 0 bridgehead atoms. The smallest absolute Gasteiger partial charge is 0.251 e. The van der Waals surface area contributed by atoms with E-state index in [9.17, 15) is 4.79 Å². The van der Waals surface area contributed by atoms with Gasteiger partial charge in [0, 0.05) is 56.2 Å². The first-order chi connectivity index (χ1) is 15.7. The lowest BCUT2D eigenvalue weighted by Crippen LogP contribution is -2.44. The number of piperazine rings is 1. The van der Waals surface area contributed by atoms with Crippen molar-refractivity contribution in [2.45, 2.75) is 13.5 Å². The van der Waals surface area contributed by atoms with Gasteiger partial charge in [-0.15, -0.1) is 0 Å². The van der Waals surface area contributed by atoms with Crippen LogP contribution >= 0.6 is 0 Å². The summed E-state index contributed by atoms with van der Waals surface area (Å²) >= 11 is 0. The van der Waals surface area contributed by atoms with Gasteiger partial charge in [-0.1, -0.05) is 24.3 Å². The number of amides is 1. The van der Waals surface area contributed by atoms with Crippen molar-refractivity contribution in [3.8, 4) is 22.8 Å². The number of pyridine rings is 1. The second-order valence-electron chi connectivity index (χ2n) is 8.00. The van der Waals surface area contributed by atoms with Crippen molar-refractivity contribution in [3.63, 3.8) is 0 Å². The fourth-order valence-electron chi connectivity index (χ4n) is 4.32. The van der Waals surface area contributed by atoms with Gasteiger partial charge in [0.2, 0.25) is 5.88 Å². The molecule has 32 heavy (non-hydrogen) atoms. The average Bonchev–Trinajstić information content (AvgIpc) is 3.21. The maximum Gasteiger partial charge on any atom is 0.251 e. The van der Waals surface area contributed by atoms with Gasteiger partial charge >= 0.3 is 0 Å². The number of benzene rings is 2. The van der Waals surface area contributed by atoms with Crippen molar-refractivity contribution in [2.75, 3.05) is 31.1 Å². The van der Waals surface area contributed by atoms with E-state index < -0.39 is 0 Å². The van der Waals surface area contributed by atoms with Gasteiger partial charge in [0.25, 0.3) is 5.91 Å². The summed E-state index contributed by atoms with van der Waals surface area (Å²) in [5.74, 6) is 1.30. The molecule has 1 N–H and O–H groups in total. The van der Waals surface area contributed by atoms with Crippen LogP contribution in [0.25, 0.3) is 11.1 Å². The summed E-state index contributed by atoms with van der Waals surface area (Å²) in [5.41, 5.74) is 5.10. The quantitative estimate of drug-likeness (QED) is 0.654. The Morgan fingerprint density at radius 2 is 1.78 bits per heavy atom. The third kappa shape index (κ3) is 4.04. The number of allylic oxidation sites excluding steroid dienone is 1. The number of ether oxygens (including phenoxy) is 1. The van der Waals surface area contributed by atoms with Crippen LogP contribution < -0.4 is 15.0 Å². The number of nitrogens with one attached hydrogen (secondary N) is 1. The molecule has 2 aliphatic heterocycles. The number of rotatable bonds is 5. The van der Waals surface area contributed by atoms with Crippen LogP contribution in [0, 0.1) is 0 Å². The van der Waals surface area contributed by atoms with Gasteiger partial charge in [-0.25, -0.2) is 4.98 Å². The Kier molecular flexibility index (Phi) is 5.50. The maximum atomic E-state index is 12.5.